The highest BCUT2D eigenvalue weighted by Gasteiger charge is 2.25. The van der Waals surface area contributed by atoms with Crippen molar-refractivity contribution in [2.24, 2.45) is 0 Å². The molecule has 0 bridgehead atoms. The van der Waals surface area contributed by atoms with Gasteiger partial charge in [0.15, 0.2) is 0 Å². The van der Waals surface area contributed by atoms with Crippen LogP contribution < -0.4 is 9.44 Å². The number of nitrogens with one attached hydrogen (secondary N) is 2. The lowest BCUT2D eigenvalue weighted by molar-refractivity contribution is 0.498. The number of benzene rings is 2. The zero-order valence-corrected chi connectivity index (χ0v) is 19.1. The van der Waals surface area contributed by atoms with E-state index in [-0.39, 0.29) is 32.1 Å². The zero-order valence-electron chi connectivity index (χ0n) is 15.9. The van der Waals surface area contributed by atoms with Gasteiger partial charge in [-0.3, -0.25) is 4.72 Å². The average molecular weight is 489 g/mol. The molecule has 0 aliphatic carbocycles. The molecule has 2 N–H and O–H groups in total. The Bertz CT molecular complexity index is 1260. The first kappa shape index (κ1) is 22.6. The van der Waals surface area contributed by atoms with Crippen molar-refractivity contribution in [2.75, 3.05) is 4.72 Å². The van der Waals surface area contributed by atoms with Gasteiger partial charge in [0.05, 0.1) is 28.4 Å². The summed E-state index contributed by atoms with van der Waals surface area (Å²) in [4.78, 5) is -0.266. The van der Waals surface area contributed by atoms with Crippen LogP contribution in [0.3, 0.4) is 0 Å². The third-order valence-corrected chi connectivity index (χ3v) is 8.21. The van der Waals surface area contributed by atoms with Crippen molar-refractivity contribution in [3.8, 4) is 0 Å². The van der Waals surface area contributed by atoms with E-state index in [0.29, 0.717) is 16.9 Å². The van der Waals surface area contributed by atoms with E-state index in [1.54, 1.807) is 32.0 Å². The van der Waals surface area contributed by atoms with Crippen molar-refractivity contribution in [1.82, 2.24) is 4.72 Å². The largest absolute Gasteiger partial charge is 0.468 e. The van der Waals surface area contributed by atoms with Gasteiger partial charge in [0.1, 0.15) is 10.7 Å². The molecule has 30 heavy (non-hydrogen) atoms. The number of anilines is 1. The van der Waals surface area contributed by atoms with Crippen LogP contribution in [0.4, 0.5) is 5.69 Å². The molecule has 0 unspecified atom stereocenters. The molecule has 0 amide bonds. The SMILES string of the molecule is Cc1cc(Cl)c(C)c(S(=O)(=O)Nc2cccc(S(=O)(=O)NCc3ccco3)c2)c1Cl. The normalized spacial score (nSPS) is 12.1. The second-order valence-corrected chi connectivity index (χ2v) is 10.7. The van der Waals surface area contributed by atoms with Gasteiger partial charge < -0.3 is 4.42 Å². The van der Waals surface area contributed by atoms with Gasteiger partial charge in [-0.15, -0.1) is 0 Å². The van der Waals surface area contributed by atoms with Crippen LogP contribution in [0.2, 0.25) is 10.0 Å². The third-order valence-electron chi connectivity index (χ3n) is 4.27. The Labute approximate surface area is 185 Å². The van der Waals surface area contributed by atoms with E-state index >= 15 is 0 Å². The number of hydrogen-bond acceptors (Lipinski definition) is 5. The maximum absolute atomic E-state index is 13.0. The van der Waals surface area contributed by atoms with Crippen molar-refractivity contribution in [3.05, 3.63) is 75.7 Å². The van der Waals surface area contributed by atoms with Crippen LogP contribution >= 0.6 is 23.2 Å². The molecule has 0 radical (unpaired) electrons. The van der Waals surface area contributed by atoms with E-state index in [2.05, 4.69) is 9.44 Å². The first-order valence-corrected chi connectivity index (χ1v) is 12.3. The second-order valence-electron chi connectivity index (χ2n) is 6.48. The number of hydrogen-bond donors (Lipinski definition) is 2. The maximum atomic E-state index is 13.0. The van der Waals surface area contributed by atoms with Gasteiger partial charge >= 0.3 is 0 Å². The fraction of sp³-hybridized carbons (Fsp3) is 0.158. The molecule has 3 rings (SSSR count). The molecule has 0 atom stereocenters. The van der Waals surface area contributed by atoms with E-state index in [4.69, 9.17) is 27.6 Å². The van der Waals surface area contributed by atoms with Crippen LogP contribution in [0, 0.1) is 13.8 Å². The van der Waals surface area contributed by atoms with Gasteiger partial charge in [0.2, 0.25) is 10.0 Å². The summed E-state index contributed by atoms with van der Waals surface area (Å²) in [5, 5.41) is 0.309. The van der Waals surface area contributed by atoms with E-state index in [9.17, 15) is 16.8 Å². The molecule has 1 heterocycles. The number of aryl methyl sites for hydroxylation is 1. The summed E-state index contributed by atoms with van der Waals surface area (Å²) >= 11 is 12.3. The fourth-order valence-corrected chi connectivity index (χ4v) is 6.03. The highest BCUT2D eigenvalue weighted by atomic mass is 35.5. The summed E-state index contributed by atoms with van der Waals surface area (Å²) in [5.74, 6) is 0.442. The maximum Gasteiger partial charge on any atom is 0.263 e. The van der Waals surface area contributed by atoms with Crippen molar-refractivity contribution in [1.29, 1.82) is 0 Å². The highest BCUT2D eigenvalue weighted by molar-refractivity contribution is 7.93. The lowest BCUT2D eigenvalue weighted by atomic mass is 10.2. The predicted molar refractivity (Wildman–Crippen MR) is 116 cm³/mol. The monoisotopic (exact) mass is 488 g/mol. The minimum absolute atomic E-state index is 0.0398. The molecule has 0 saturated carbocycles. The minimum atomic E-state index is -4.13. The molecule has 1 aromatic heterocycles. The van der Waals surface area contributed by atoms with E-state index < -0.39 is 20.0 Å². The molecular weight excluding hydrogens is 471 g/mol. The van der Waals surface area contributed by atoms with E-state index in [1.165, 1.54) is 30.5 Å². The Hall–Kier alpha value is -2.04. The number of rotatable bonds is 7. The number of sulfonamides is 2. The molecule has 0 spiro atoms. The van der Waals surface area contributed by atoms with Gasteiger partial charge in [0.25, 0.3) is 10.0 Å². The quantitative estimate of drug-likeness (QED) is 0.509. The molecule has 2 aromatic carbocycles. The van der Waals surface area contributed by atoms with Crippen LogP contribution in [0.15, 0.2) is 62.9 Å². The lowest BCUT2D eigenvalue weighted by Gasteiger charge is -2.15. The molecule has 3 aromatic rings. The van der Waals surface area contributed by atoms with Gasteiger partial charge in [-0.05, 0) is 61.4 Å². The summed E-state index contributed by atoms with van der Waals surface area (Å²) in [5.41, 5.74) is 0.860. The summed E-state index contributed by atoms with van der Waals surface area (Å²) in [6, 6.07) is 10.3. The molecular formula is C19H18Cl2N2O5S2. The molecule has 0 saturated heterocycles. The van der Waals surface area contributed by atoms with Crippen molar-refractivity contribution < 1.29 is 21.3 Å². The minimum Gasteiger partial charge on any atom is -0.468 e. The summed E-state index contributed by atoms with van der Waals surface area (Å²) in [7, 11) is -8.03. The Morgan fingerprint density at radius 2 is 1.70 bits per heavy atom. The smallest absolute Gasteiger partial charge is 0.263 e. The van der Waals surface area contributed by atoms with E-state index in [1.807, 2.05) is 0 Å². The molecule has 0 fully saturated rings. The van der Waals surface area contributed by atoms with Gasteiger partial charge in [-0.25, -0.2) is 21.6 Å². The van der Waals surface area contributed by atoms with Crippen LogP contribution in [0.1, 0.15) is 16.9 Å². The third kappa shape index (κ3) is 4.81. The standard InChI is InChI=1S/C19H18Cl2N2O5S2/c1-12-9-17(20)13(2)19(18(12)21)30(26,27)23-14-5-3-7-16(10-14)29(24,25)22-11-15-6-4-8-28-15/h3-10,22-23H,11H2,1-2H3. The van der Waals surface area contributed by atoms with Crippen molar-refractivity contribution in [2.45, 2.75) is 30.2 Å². The number of furan rings is 1. The first-order chi connectivity index (χ1) is 14.0. The Balaban J connectivity index is 1.90. The van der Waals surface area contributed by atoms with Crippen LogP contribution in [0.5, 0.6) is 0 Å². The van der Waals surface area contributed by atoms with Gasteiger partial charge in [-0.1, -0.05) is 29.3 Å². The highest BCUT2D eigenvalue weighted by Crippen LogP contribution is 2.34. The lowest BCUT2D eigenvalue weighted by Crippen LogP contribution is -2.23. The zero-order chi connectivity index (χ0) is 22.1. The van der Waals surface area contributed by atoms with Gasteiger partial charge in [0, 0.05) is 5.02 Å². The molecule has 0 aliphatic rings. The number of halogens is 2. The van der Waals surface area contributed by atoms with Crippen LogP contribution in [-0.4, -0.2) is 16.8 Å². The summed E-state index contributed by atoms with van der Waals surface area (Å²) < 4.78 is 60.9. The Morgan fingerprint density at radius 3 is 2.37 bits per heavy atom. The molecule has 0 aliphatic heterocycles. The van der Waals surface area contributed by atoms with Crippen LogP contribution in [0.25, 0.3) is 0 Å². The average Bonchev–Trinajstić information content (AvgIpc) is 3.18. The summed E-state index contributed by atoms with van der Waals surface area (Å²) in [6.45, 7) is 3.15. The first-order valence-electron chi connectivity index (χ1n) is 8.61. The molecule has 160 valence electrons. The van der Waals surface area contributed by atoms with E-state index in [0.717, 1.165) is 0 Å². The second kappa shape index (κ2) is 8.60. The fourth-order valence-electron chi connectivity index (χ4n) is 2.73. The Kier molecular flexibility index (Phi) is 6.49. The molecule has 11 heteroatoms. The topological polar surface area (TPSA) is 105 Å². The van der Waals surface area contributed by atoms with Crippen molar-refractivity contribution >= 4 is 48.9 Å². The Morgan fingerprint density at radius 1 is 0.967 bits per heavy atom. The summed E-state index contributed by atoms with van der Waals surface area (Å²) in [6.07, 6.45) is 1.43. The van der Waals surface area contributed by atoms with Gasteiger partial charge in [-0.2, -0.15) is 0 Å². The van der Waals surface area contributed by atoms with Crippen LogP contribution in [-0.2, 0) is 26.6 Å². The molecule has 7 nitrogen and oxygen atoms in total. The van der Waals surface area contributed by atoms with Crippen molar-refractivity contribution in [3.63, 3.8) is 0 Å². The predicted octanol–water partition coefficient (Wildman–Crippen LogP) is 4.48.